The molecule has 0 unspecified atom stereocenters. The Bertz CT molecular complexity index is 734. The number of hydrogen-bond donors (Lipinski definition) is 2. The van der Waals surface area contributed by atoms with Crippen molar-refractivity contribution in [3.8, 4) is 5.75 Å². The highest BCUT2D eigenvalue weighted by Gasteiger charge is 2.22. The molecule has 24 heavy (non-hydrogen) atoms. The van der Waals surface area contributed by atoms with Crippen LogP contribution in [0.15, 0.2) is 48.5 Å². The predicted molar refractivity (Wildman–Crippen MR) is 95.5 cm³/mol. The summed E-state index contributed by atoms with van der Waals surface area (Å²) in [5, 5.41) is 5.60. The summed E-state index contributed by atoms with van der Waals surface area (Å²) in [6.07, 6.45) is 0. The molecular weight excluding hydrogens is 324 g/mol. The summed E-state index contributed by atoms with van der Waals surface area (Å²) in [4.78, 5) is 23.6. The fraction of sp³-hybridized carbons (Fsp3) is 0.222. The third-order valence-electron chi connectivity index (χ3n) is 3.52. The Labute approximate surface area is 144 Å². The predicted octanol–water partition coefficient (Wildman–Crippen LogP) is 2.68. The van der Waals surface area contributed by atoms with Gasteiger partial charge in [0.2, 0.25) is 0 Å². The second kappa shape index (κ2) is 7.88. The first-order valence-electron chi connectivity index (χ1n) is 7.69. The Hall–Kier alpha value is -2.47. The lowest BCUT2D eigenvalue weighted by Gasteiger charge is -2.20. The number of anilines is 1. The lowest BCUT2D eigenvalue weighted by atomic mass is 10.1. The average molecular weight is 342 g/mol. The highest BCUT2D eigenvalue weighted by molar-refractivity contribution is 7.98. The summed E-state index contributed by atoms with van der Waals surface area (Å²) in [7, 11) is 0. The molecule has 0 spiro atoms. The molecule has 1 heterocycles. The Morgan fingerprint density at radius 1 is 1.17 bits per heavy atom. The third-order valence-corrected chi connectivity index (χ3v) is 4.56. The van der Waals surface area contributed by atoms with E-state index in [1.165, 1.54) is 5.56 Å². The molecular formula is C18H18N2O3S. The fourth-order valence-corrected chi connectivity index (χ4v) is 3.21. The van der Waals surface area contributed by atoms with Crippen LogP contribution in [0.2, 0.25) is 0 Å². The van der Waals surface area contributed by atoms with Crippen LogP contribution in [0.4, 0.5) is 5.69 Å². The summed E-state index contributed by atoms with van der Waals surface area (Å²) in [5.74, 6) is 1.78. The quantitative estimate of drug-likeness (QED) is 0.792. The molecule has 0 aromatic heterocycles. The van der Waals surface area contributed by atoms with Crippen LogP contribution in [0.5, 0.6) is 5.75 Å². The molecule has 2 N–H and O–H groups in total. The first-order valence-corrected chi connectivity index (χ1v) is 8.85. The zero-order valence-corrected chi connectivity index (χ0v) is 13.9. The van der Waals surface area contributed by atoms with Gasteiger partial charge >= 0.3 is 0 Å². The van der Waals surface area contributed by atoms with Gasteiger partial charge in [0.05, 0.1) is 11.3 Å². The third kappa shape index (κ3) is 4.08. The van der Waals surface area contributed by atoms with Crippen LogP contribution in [0.3, 0.4) is 0 Å². The second-order valence-corrected chi connectivity index (χ2v) is 6.42. The molecule has 5 nitrogen and oxygen atoms in total. The smallest absolute Gasteiger partial charge is 0.262 e. The van der Waals surface area contributed by atoms with Crippen molar-refractivity contribution in [3.63, 3.8) is 0 Å². The largest absolute Gasteiger partial charge is 0.481 e. The molecule has 3 rings (SSSR count). The van der Waals surface area contributed by atoms with Crippen LogP contribution >= 0.6 is 11.8 Å². The lowest BCUT2D eigenvalue weighted by Crippen LogP contribution is -2.30. The van der Waals surface area contributed by atoms with E-state index < -0.39 is 0 Å². The summed E-state index contributed by atoms with van der Waals surface area (Å²) < 4.78 is 5.40. The van der Waals surface area contributed by atoms with Crippen LogP contribution in [0.1, 0.15) is 15.9 Å². The molecule has 1 aliphatic heterocycles. The number of benzene rings is 2. The maximum atomic E-state index is 12.3. The second-order valence-electron chi connectivity index (χ2n) is 5.31. The molecule has 0 saturated carbocycles. The summed E-state index contributed by atoms with van der Waals surface area (Å²) in [6.45, 7) is 0.510. The number of hydrogen-bond acceptors (Lipinski definition) is 4. The Morgan fingerprint density at radius 2 is 2.00 bits per heavy atom. The monoisotopic (exact) mass is 342 g/mol. The highest BCUT2D eigenvalue weighted by atomic mass is 32.2. The van der Waals surface area contributed by atoms with Crippen molar-refractivity contribution < 1.29 is 14.3 Å². The van der Waals surface area contributed by atoms with Crippen LogP contribution in [-0.2, 0) is 10.5 Å². The number of para-hydroxylation sites is 1. The van der Waals surface area contributed by atoms with Gasteiger partial charge in [0.25, 0.3) is 11.8 Å². The topological polar surface area (TPSA) is 67.4 Å². The van der Waals surface area contributed by atoms with Crippen molar-refractivity contribution in [2.75, 3.05) is 24.2 Å². The lowest BCUT2D eigenvalue weighted by molar-refractivity contribution is -0.118. The maximum absolute atomic E-state index is 12.3. The number of carbonyl (C=O) groups is 2. The Balaban J connectivity index is 1.49. The van der Waals surface area contributed by atoms with Crippen molar-refractivity contribution in [3.05, 3.63) is 59.7 Å². The van der Waals surface area contributed by atoms with Crippen LogP contribution in [0.25, 0.3) is 0 Å². The number of nitrogens with one attached hydrogen (secondary N) is 2. The minimum absolute atomic E-state index is 0.0653. The molecule has 0 bridgehead atoms. The van der Waals surface area contributed by atoms with Gasteiger partial charge in [-0.15, -0.1) is 0 Å². The zero-order chi connectivity index (χ0) is 16.8. The number of amides is 2. The van der Waals surface area contributed by atoms with Gasteiger partial charge in [-0.1, -0.05) is 36.4 Å². The van der Waals surface area contributed by atoms with Gasteiger partial charge < -0.3 is 15.4 Å². The SMILES string of the molecule is O=C1COc2c(cccc2C(=O)NCCSCc2ccccc2)N1. The van der Waals surface area contributed by atoms with Crippen molar-refractivity contribution in [1.82, 2.24) is 5.32 Å². The van der Waals surface area contributed by atoms with E-state index in [4.69, 9.17) is 4.74 Å². The maximum Gasteiger partial charge on any atom is 0.262 e. The van der Waals surface area contributed by atoms with Crippen molar-refractivity contribution in [2.24, 2.45) is 0 Å². The van der Waals surface area contributed by atoms with Gasteiger partial charge in [0.1, 0.15) is 0 Å². The summed E-state index contributed by atoms with van der Waals surface area (Å²) >= 11 is 1.77. The molecule has 0 saturated heterocycles. The Morgan fingerprint density at radius 3 is 2.83 bits per heavy atom. The molecule has 0 atom stereocenters. The standard InChI is InChI=1S/C18H18N2O3S/c21-16-11-23-17-14(7-4-8-15(17)20-16)18(22)19-9-10-24-12-13-5-2-1-3-6-13/h1-8H,9-12H2,(H,19,22)(H,20,21). The van der Waals surface area contributed by atoms with E-state index in [1.54, 1.807) is 30.0 Å². The van der Waals surface area contributed by atoms with E-state index in [-0.39, 0.29) is 18.4 Å². The van der Waals surface area contributed by atoms with Gasteiger partial charge in [-0.3, -0.25) is 9.59 Å². The van der Waals surface area contributed by atoms with E-state index in [0.29, 0.717) is 23.5 Å². The first-order chi connectivity index (χ1) is 11.7. The number of rotatable bonds is 6. The van der Waals surface area contributed by atoms with E-state index >= 15 is 0 Å². The molecule has 124 valence electrons. The van der Waals surface area contributed by atoms with Gasteiger partial charge in [0, 0.05) is 18.1 Å². The highest BCUT2D eigenvalue weighted by Crippen LogP contribution is 2.31. The first kappa shape index (κ1) is 16.4. The van der Waals surface area contributed by atoms with E-state index in [0.717, 1.165) is 11.5 Å². The van der Waals surface area contributed by atoms with Crippen molar-refractivity contribution in [1.29, 1.82) is 0 Å². The van der Waals surface area contributed by atoms with Gasteiger partial charge in [0.15, 0.2) is 12.4 Å². The van der Waals surface area contributed by atoms with Crippen molar-refractivity contribution in [2.45, 2.75) is 5.75 Å². The van der Waals surface area contributed by atoms with Crippen LogP contribution in [-0.4, -0.2) is 30.7 Å². The van der Waals surface area contributed by atoms with Gasteiger partial charge in [-0.2, -0.15) is 11.8 Å². The molecule has 0 fully saturated rings. The zero-order valence-electron chi connectivity index (χ0n) is 13.1. The molecule has 6 heteroatoms. The molecule has 2 aromatic rings. The molecule has 2 aromatic carbocycles. The number of ether oxygens (including phenoxy) is 1. The molecule has 1 aliphatic rings. The number of carbonyl (C=O) groups excluding carboxylic acids is 2. The molecule has 0 aliphatic carbocycles. The fourth-order valence-electron chi connectivity index (χ4n) is 2.39. The minimum atomic E-state index is -0.211. The molecule has 2 amide bonds. The number of fused-ring (bicyclic) bond motifs is 1. The van der Waals surface area contributed by atoms with Gasteiger partial charge in [-0.25, -0.2) is 0 Å². The van der Waals surface area contributed by atoms with Crippen molar-refractivity contribution >= 4 is 29.3 Å². The molecule has 0 radical (unpaired) electrons. The summed E-state index contributed by atoms with van der Waals surface area (Å²) in [6, 6.07) is 15.4. The van der Waals surface area contributed by atoms with Crippen LogP contribution < -0.4 is 15.4 Å². The minimum Gasteiger partial charge on any atom is -0.481 e. The Kier molecular flexibility index (Phi) is 5.38. The normalized spacial score (nSPS) is 12.8. The van der Waals surface area contributed by atoms with E-state index in [1.807, 2.05) is 18.2 Å². The summed E-state index contributed by atoms with van der Waals surface area (Å²) in [5.41, 5.74) is 2.26. The van der Waals surface area contributed by atoms with Gasteiger partial charge in [-0.05, 0) is 17.7 Å². The average Bonchev–Trinajstić information content (AvgIpc) is 2.61. The van der Waals surface area contributed by atoms with Crippen LogP contribution in [0, 0.1) is 0 Å². The number of thioether (sulfide) groups is 1. The van der Waals surface area contributed by atoms with E-state index in [9.17, 15) is 9.59 Å². The van der Waals surface area contributed by atoms with E-state index in [2.05, 4.69) is 22.8 Å².